The van der Waals surface area contributed by atoms with E-state index in [0.717, 1.165) is 23.0 Å². The summed E-state index contributed by atoms with van der Waals surface area (Å²) in [5, 5.41) is 9.47. The Balaban J connectivity index is 1.87. The molecule has 2 aliphatic carbocycles. The molecule has 1 aromatic heterocycles. The average Bonchev–Trinajstić information content (AvgIpc) is 2.60. The molecule has 4 bridgehead atoms. The first-order valence-corrected chi connectivity index (χ1v) is 8.85. The lowest BCUT2D eigenvalue weighted by Crippen LogP contribution is -2.31. The molecule has 3 nitrogen and oxygen atoms in total. The van der Waals surface area contributed by atoms with Gasteiger partial charge in [-0.2, -0.15) is 0 Å². The third kappa shape index (κ3) is 1.72. The van der Waals surface area contributed by atoms with Gasteiger partial charge >= 0.3 is 0 Å². The topological polar surface area (TPSA) is 41.7 Å². The Bertz CT molecular complexity index is 845. The number of benzene rings is 1. The Morgan fingerprint density at radius 2 is 1.86 bits per heavy atom. The van der Waals surface area contributed by atoms with Crippen molar-refractivity contribution in [2.75, 3.05) is 0 Å². The zero-order chi connectivity index (χ0) is 15.0. The zero-order valence-electron chi connectivity index (χ0n) is 12.1. The molecule has 2 fully saturated rings. The van der Waals surface area contributed by atoms with Gasteiger partial charge in [-0.1, -0.05) is 0 Å². The van der Waals surface area contributed by atoms with E-state index in [1.807, 2.05) is 0 Å². The van der Waals surface area contributed by atoms with Gasteiger partial charge in [0.2, 0.25) is 0 Å². The summed E-state index contributed by atoms with van der Waals surface area (Å²) < 4.78 is 16.6. The Labute approximate surface area is 136 Å². The van der Waals surface area contributed by atoms with Crippen molar-refractivity contribution in [1.29, 1.82) is 5.41 Å². The lowest BCUT2D eigenvalue weighted by molar-refractivity contribution is 0.150. The van der Waals surface area contributed by atoms with E-state index in [4.69, 9.17) is 10.4 Å². The van der Waals surface area contributed by atoms with Crippen LogP contribution >= 0.6 is 15.9 Å². The normalized spacial score (nSPS) is 32.3. The molecule has 2 saturated carbocycles. The summed E-state index contributed by atoms with van der Waals surface area (Å²) in [5.41, 5.74) is 1.12. The second kappa shape index (κ2) is 4.40. The number of nitrogens with one attached hydrogen (secondary N) is 1. The molecule has 2 aromatic rings. The number of rotatable bonds is 0. The van der Waals surface area contributed by atoms with E-state index < -0.39 is 0 Å². The second-order valence-electron chi connectivity index (χ2n) is 7.23. The van der Waals surface area contributed by atoms with Crippen molar-refractivity contribution in [3.63, 3.8) is 0 Å². The number of fused-ring (bicyclic) bond motifs is 1. The van der Waals surface area contributed by atoms with Gasteiger partial charge in [-0.05, 0) is 65.9 Å². The van der Waals surface area contributed by atoms with Crippen molar-refractivity contribution < 1.29 is 4.39 Å². The van der Waals surface area contributed by atoms with Gasteiger partial charge in [-0.15, -0.1) is 0 Å². The third-order valence-corrected chi connectivity index (χ3v) is 6.46. The van der Waals surface area contributed by atoms with E-state index in [1.165, 1.54) is 44.2 Å². The van der Waals surface area contributed by atoms with Gasteiger partial charge in [0, 0.05) is 22.5 Å². The van der Waals surface area contributed by atoms with E-state index in [2.05, 4.69) is 20.5 Å². The predicted octanol–water partition coefficient (Wildman–Crippen LogP) is 4.27. The van der Waals surface area contributed by atoms with Gasteiger partial charge in [0.25, 0.3) is 0 Å². The molecule has 6 rings (SSSR count). The molecule has 2 aliphatic heterocycles. The number of hydrogen-bond donors (Lipinski definition) is 1. The first-order chi connectivity index (χ1) is 10.6. The van der Waals surface area contributed by atoms with E-state index in [1.54, 1.807) is 0 Å². The lowest BCUT2D eigenvalue weighted by Gasteiger charge is -2.37. The molecule has 114 valence electrons. The highest BCUT2D eigenvalue weighted by atomic mass is 79.9. The predicted molar refractivity (Wildman–Crippen MR) is 85.1 cm³/mol. The van der Waals surface area contributed by atoms with Crippen LogP contribution in [-0.4, -0.2) is 9.55 Å². The van der Waals surface area contributed by atoms with Crippen LogP contribution in [0.3, 0.4) is 0 Å². The van der Waals surface area contributed by atoms with Crippen LogP contribution in [0, 0.1) is 23.1 Å². The molecule has 0 radical (unpaired) electrons. The lowest BCUT2D eigenvalue weighted by atomic mass is 9.68. The first kappa shape index (κ1) is 13.2. The molecular weight excluding hydrogens is 345 g/mol. The summed E-state index contributed by atoms with van der Waals surface area (Å²) >= 11 is 3.43. The minimum atomic E-state index is -0.296. The molecule has 5 heteroatoms. The molecular formula is C17H17BrFN3. The van der Waals surface area contributed by atoms with Crippen LogP contribution in [0.5, 0.6) is 0 Å². The molecule has 1 N–H and O–H groups in total. The smallest absolute Gasteiger partial charge is 0.137 e. The van der Waals surface area contributed by atoms with Crippen molar-refractivity contribution in [2.24, 2.45) is 11.8 Å². The van der Waals surface area contributed by atoms with Crippen LogP contribution in [0.15, 0.2) is 16.6 Å². The van der Waals surface area contributed by atoms with E-state index in [9.17, 15) is 4.39 Å². The SMILES string of the molecule is N=c1c2c(Br)cc(F)cc2nc2n1C1CC3CC(CC2C3)C1. The highest BCUT2D eigenvalue weighted by Crippen LogP contribution is 2.52. The molecule has 0 spiro atoms. The second-order valence-corrected chi connectivity index (χ2v) is 8.09. The van der Waals surface area contributed by atoms with Crippen LogP contribution in [0.1, 0.15) is 49.9 Å². The Hall–Kier alpha value is -1.23. The summed E-state index contributed by atoms with van der Waals surface area (Å²) in [7, 11) is 0. The molecule has 2 unspecified atom stereocenters. The van der Waals surface area contributed by atoms with Crippen molar-refractivity contribution in [3.05, 3.63) is 33.7 Å². The van der Waals surface area contributed by atoms with Crippen molar-refractivity contribution in [2.45, 2.75) is 44.1 Å². The highest BCUT2D eigenvalue weighted by Gasteiger charge is 2.43. The fraction of sp³-hybridized carbons (Fsp3) is 0.529. The van der Waals surface area contributed by atoms with Crippen molar-refractivity contribution in [3.8, 4) is 0 Å². The molecule has 3 heterocycles. The first-order valence-electron chi connectivity index (χ1n) is 8.06. The fourth-order valence-corrected chi connectivity index (χ4v) is 5.80. The van der Waals surface area contributed by atoms with Gasteiger partial charge in [0.15, 0.2) is 0 Å². The van der Waals surface area contributed by atoms with E-state index >= 15 is 0 Å². The van der Waals surface area contributed by atoms with E-state index in [-0.39, 0.29) is 5.82 Å². The number of aromatic nitrogens is 2. The monoisotopic (exact) mass is 361 g/mol. The Morgan fingerprint density at radius 1 is 1.14 bits per heavy atom. The van der Waals surface area contributed by atoms with Crippen LogP contribution < -0.4 is 5.49 Å². The molecule has 0 saturated heterocycles. The summed E-state index contributed by atoms with van der Waals surface area (Å²) in [4.78, 5) is 4.83. The van der Waals surface area contributed by atoms with Crippen molar-refractivity contribution >= 4 is 26.8 Å². The summed E-state index contributed by atoms with van der Waals surface area (Å²) in [6, 6.07) is 3.32. The van der Waals surface area contributed by atoms with Gasteiger partial charge in [0.1, 0.15) is 17.1 Å². The van der Waals surface area contributed by atoms with Gasteiger partial charge < -0.3 is 4.57 Å². The fourth-order valence-electron chi connectivity index (χ4n) is 5.19. The number of halogens is 2. The molecule has 22 heavy (non-hydrogen) atoms. The van der Waals surface area contributed by atoms with E-state index in [0.29, 0.717) is 27.4 Å². The quantitative estimate of drug-likeness (QED) is 0.747. The largest absolute Gasteiger partial charge is 0.311 e. The van der Waals surface area contributed by atoms with Crippen molar-refractivity contribution in [1.82, 2.24) is 9.55 Å². The molecule has 0 amide bonds. The summed E-state index contributed by atoms with van der Waals surface area (Å²) in [6.45, 7) is 0. The summed E-state index contributed by atoms with van der Waals surface area (Å²) in [5.74, 6) is 2.76. The molecule has 4 aliphatic rings. The zero-order valence-corrected chi connectivity index (χ0v) is 13.7. The van der Waals surface area contributed by atoms with Gasteiger partial charge in [0.05, 0.1) is 10.9 Å². The molecule has 1 aromatic carbocycles. The van der Waals surface area contributed by atoms with Crippen LogP contribution in [-0.2, 0) is 0 Å². The standard InChI is InChI=1S/C17H17BrFN3/c18-13-6-11(19)7-14-15(13)16(20)22-12-4-8-1-9(5-12)3-10(2-8)17(22)21-14/h6-10,12,20H,1-5H2. The Morgan fingerprint density at radius 3 is 2.59 bits per heavy atom. The maximum atomic E-state index is 13.7. The number of nitrogens with zero attached hydrogens (tertiary/aromatic N) is 2. The maximum Gasteiger partial charge on any atom is 0.137 e. The van der Waals surface area contributed by atoms with Gasteiger partial charge in [-0.25, -0.2) is 9.37 Å². The minimum Gasteiger partial charge on any atom is -0.311 e. The average molecular weight is 362 g/mol. The van der Waals surface area contributed by atoms with Crippen LogP contribution in [0.2, 0.25) is 0 Å². The Kier molecular flexibility index (Phi) is 2.65. The highest BCUT2D eigenvalue weighted by molar-refractivity contribution is 9.10. The van der Waals surface area contributed by atoms with Crippen LogP contribution in [0.25, 0.3) is 10.9 Å². The van der Waals surface area contributed by atoms with Crippen LogP contribution in [0.4, 0.5) is 4.39 Å². The third-order valence-electron chi connectivity index (χ3n) is 5.84. The van der Waals surface area contributed by atoms with Gasteiger partial charge in [-0.3, -0.25) is 5.41 Å². The molecule has 2 atom stereocenters. The minimum absolute atomic E-state index is 0.296. The summed E-state index contributed by atoms with van der Waals surface area (Å²) in [6.07, 6.45) is 6.11. The number of hydrogen-bond acceptors (Lipinski definition) is 2. The maximum absolute atomic E-state index is 13.7.